The van der Waals surface area contributed by atoms with Crippen LogP contribution in [0.3, 0.4) is 0 Å². The lowest BCUT2D eigenvalue weighted by atomic mass is 10.1. The summed E-state index contributed by atoms with van der Waals surface area (Å²) < 4.78 is 41.3. The average molecular weight is 401 g/mol. The molecule has 0 saturated carbocycles. The minimum absolute atomic E-state index is 0.0201. The van der Waals surface area contributed by atoms with Gasteiger partial charge in [0.25, 0.3) is 0 Å². The lowest BCUT2D eigenvalue weighted by Gasteiger charge is -2.16. The van der Waals surface area contributed by atoms with Gasteiger partial charge in [-0.2, -0.15) is 13.2 Å². The molecular formula is C17H18F3N3O3S. The molecule has 0 aliphatic heterocycles. The minimum Gasteiger partial charge on any atom is -0.484 e. The second-order valence-electron chi connectivity index (χ2n) is 5.61. The van der Waals surface area contributed by atoms with Crippen LogP contribution in [0.2, 0.25) is 0 Å². The second-order valence-corrected chi connectivity index (χ2v) is 6.59. The Kier molecular flexibility index (Phi) is 7.05. The highest BCUT2D eigenvalue weighted by Crippen LogP contribution is 2.22. The first-order valence-corrected chi connectivity index (χ1v) is 8.75. The number of urea groups is 1. The first-order chi connectivity index (χ1) is 12.7. The van der Waals surface area contributed by atoms with E-state index in [2.05, 4.69) is 15.4 Å². The van der Waals surface area contributed by atoms with Crippen LogP contribution >= 0.6 is 11.3 Å². The average Bonchev–Trinajstić information content (AvgIpc) is 3.12. The summed E-state index contributed by atoms with van der Waals surface area (Å²) in [6.45, 7) is -1.28. The summed E-state index contributed by atoms with van der Waals surface area (Å²) >= 11 is 1.38. The maximum atomic E-state index is 12.2. The highest BCUT2D eigenvalue weighted by Gasteiger charge is 2.28. The summed E-state index contributed by atoms with van der Waals surface area (Å²) in [7, 11) is 0. The summed E-state index contributed by atoms with van der Waals surface area (Å²) in [4.78, 5) is 24.1. The Balaban J connectivity index is 1.89. The second kappa shape index (κ2) is 9.26. The van der Waals surface area contributed by atoms with Crippen LogP contribution in [0.4, 0.5) is 18.0 Å². The quantitative estimate of drug-likeness (QED) is 0.635. The van der Waals surface area contributed by atoms with Crippen molar-refractivity contribution in [2.75, 3.05) is 6.61 Å². The summed E-state index contributed by atoms with van der Waals surface area (Å²) in [5, 5.41) is 6.99. The maximum absolute atomic E-state index is 12.2. The van der Waals surface area contributed by atoms with Gasteiger partial charge in [-0.1, -0.05) is 18.2 Å². The van der Waals surface area contributed by atoms with Gasteiger partial charge in [0.1, 0.15) is 5.75 Å². The van der Waals surface area contributed by atoms with Crippen molar-refractivity contribution in [3.05, 3.63) is 52.2 Å². The molecule has 2 aromatic rings. The molecule has 10 heteroatoms. The van der Waals surface area contributed by atoms with E-state index in [1.807, 2.05) is 5.38 Å². The number of alkyl halides is 3. The van der Waals surface area contributed by atoms with Crippen LogP contribution in [-0.4, -0.2) is 24.7 Å². The Morgan fingerprint density at radius 1 is 1.22 bits per heavy atom. The van der Waals surface area contributed by atoms with Crippen molar-refractivity contribution < 1.29 is 27.5 Å². The van der Waals surface area contributed by atoms with E-state index in [0.717, 1.165) is 4.88 Å². The molecule has 0 saturated heterocycles. The Hall–Kier alpha value is -2.75. The molecule has 4 N–H and O–H groups in total. The molecule has 2 rings (SSSR count). The fourth-order valence-electron chi connectivity index (χ4n) is 2.25. The number of nitrogens with two attached hydrogens (primary N) is 1. The van der Waals surface area contributed by atoms with Gasteiger partial charge in [0.05, 0.1) is 12.5 Å². The van der Waals surface area contributed by atoms with E-state index < -0.39 is 24.9 Å². The number of primary amides is 1. The molecule has 0 fully saturated rings. The molecule has 1 heterocycles. The molecule has 146 valence electrons. The van der Waals surface area contributed by atoms with Gasteiger partial charge < -0.3 is 21.1 Å². The molecule has 1 aromatic carbocycles. The number of benzene rings is 1. The lowest BCUT2D eigenvalue weighted by molar-refractivity contribution is -0.153. The third-order valence-electron chi connectivity index (χ3n) is 3.38. The molecule has 27 heavy (non-hydrogen) atoms. The van der Waals surface area contributed by atoms with Crippen LogP contribution in [0.1, 0.15) is 22.9 Å². The third-order valence-corrected chi connectivity index (χ3v) is 4.37. The predicted octanol–water partition coefficient (Wildman–Crippen LogP) is 3.11. The van der Waals surface area contributed by atoms with E-state index in [9.17, 15) is 22.8 Å². The van der Waals surface area contributed by atoms with Gasteiger partial charge in [0.15, 0.2) is 6.61 Å². The molecule has 0 aliphatic rings. The first kappa shape index (κ1) is 20.6. The molecule has 1 atom stereocenters. The van der Waals surface area contributed by atoms with E-state index in [1.54, 1.807) is 18.2 Å². The molecule has 6 nitrogen and oxygen atoms in total. The molecule has 0 aliphatic carbocycles. The third kappa shape index (κ3) is 7.57. The number of amides is 3. The summed E-state index contributed by atoms with van der Waals surface area (Å²) in [5.74, 6) is -0.283. The number of halogens is 3. The number of nitrogens with one attached hydrogen (secondary N) is 2. The number of carbonyl (C=O) groups excluding carboxylic acids is 2. The van der Waals surface area contributed by atoms with Gasteiger partial charge in [-0.05, 0) is 29.1 Å². The van der Waals surface area contributed by atoms with E-state index in [0.29, 0.717) is 5.56 Å². The molecule has 3 amide bonds. The molecule has 0 spiro atoms. The maximum Gasteiger partial charge on any atom is 0.422 e. The highest BCUT2D eigenvalue weighted by molar-refractivity contribution is 7.10. The highest BCUT2D eigenvalue weighted by atomic mass is 32.1. The number of hydrogen-bond donors (Lipinski definition) is 3. The van der Waals surface area contributed by atoms with Crippen molar-refractivity contribution in [2.24, 2.45) is 5.73 Å². The van der Waals surface area contributed by atoms with Crippen molar-refractivity contribution >= 4 is 23.3 Å². The molecular weight excluding hydrogens is 383 g/mol. The molecule has 1 unspecified atom stereocenters. The fourth-order valence-corrected chi connectivity index (χ4v) is 3.03. The number of rotatable bonds is 8. The predicted molar refractivity (Wildman–Crippen MR) is 94.2 cm³/mol. The van der Waals surface area contributed by atoms with E-state index in [-0.39, 0.29) is 24.6 Å². The summed E-state index contributed by atoms with van der Waals surface area (Å²) in [5.41, 5.74) is 5.73. The Morgan fingerprint density at radius 2 is 2.00 bits per heavy atom. The number of hydrogen-bond acceptors (Lipinski definition) is 4. The Bertz CT molecular complexity index is 766. The van der Waals surface area contributed by atoms with Crippen molar-refractivity contribution in [1.82, 2.24) is 10.6 Å². The zero-order valence-electron chi connectivity index (χ0n) is 14.1. The first-order valence-electron chi connectivity index (χ1n) is 7.87. The monoisotopic (exact) mass is 401 g/mol. The number of thiophene rings is 1. The molecule has 1 aromatic heterocycles. The summed E-state index contributed by atoms with van der Waals surface area (Å²) in [6, 6.07) is 8.29. The van der Waals surface area contributed by atoms with Crippen LogP contribution in [-0.2, 0) is 11.3 Å². The SMILES string of the molecule is NC(=O)NC(CC(=O)NCc1cccc(OCC(F)(F)F)c1)c1cccs1. The standard InChI is InChI=1S/C17H18F3N3O3S/c18-17(19,20)10-26-12-4-1-3-11(7-12)9-22-15(24)8-13(23-16(21)25)14-5-2-6-27-14/h1-7,13H,8-10H2,(H,22,24)(H3,21,23,25). The lowest BCUT2D eigenvalue weighted by Crippen LogP contribution is -2.36. The Morgan fingerprint density at radius 3 is 2.63 bits per heavy atom. The molecule has 0 bridgehead atoms. The number of ether oxygens (including phenoxy) is 1. The van der Waals surface area contributed by atoms with Crippen molar-refractivity contribution in [2.45, 2.75) is 25.2 Å². The number of carbonyl (C=O) groups is 2. The van der Waals surface area contributed by atoms with E-state index in [1.165, 1.54) is 29.5 Å². The Labute approximate surface area is 157 Å². The van der Waals surface area contributed by atoms with Crippen LogP contribution in [0.25, 0.3) is 0 Å². The topological polar surface area (TPSA) is 93.5 Å². The summed E-state index contributed by atoms with van der Waals surface area (Å²) in [6.07, 6.45) is -4.44. The van der Waals surface area contributed by atoms with Crippen LogP contribution < -0.4 is 21.1 Å². The van der Waals surface area contributed by atoms with Crippen molar-refractivity contribution in [3.8, 4) is 5.75 Å². The molecule has 0 radical (unpaired) electrons. The van der Waals surface area contributed by atoms with Crippen molar-refractivity contribution in [1.29, 1.82) is 0 Å². The van der Waals surface area contributed by atoms with Gasteiger partial charge in [0, 0.05) is 11.4 Å². The van der Waals surface area contributed by atoms with Gasteiger partial charge in [-0.25, -0.2) is 4.79 Å². The van der Waals surface area contributed by atoms with E-state index >= 15 is 0 Å². The van der Waals surface area contributed by atoms with Crippen LogP contribution in [0.15, 0.2) is 41.8 Å². The smallest absolute Gasteiger partial charge is 0.422 e. The van der Waals surface area contributed by atoms with Crippen LogP contribution in [0.5, 0.6) is 5.75 Å². The van der Waals surface area contributed by atoms with Crippen molar-refractivity contribution in [3.63, 3.8) is 0 Å². The zero-order valence-corrected chi connectivity index (χ0v) is 14.9. The van der Waals surface area contributed by atoms with Gasteiger partial charge in [-0.15, -0.1) is 11.3 Å². The van der Waals surface area contributed by atoms with Gasteiger partial charge in [0.2, 0.25) is 5.91 Å². The zero-order chi connectivity index (χ0) is 19.9. The fraction of sp³-hybridized carbons (Fsp3) is 0.294. The van der Waals surface area contributed by atoms with Crippen LogP contribution in [0, 0.1) is 0 Å². The van der Waals surface area contributed by atoms with E-state index in [4.69, 9.17) is 5.73 Å². The van der Waals surface area contributed by atoms with Gasteiger partial charge >= 0.3 is 12.2 Å². The minimum atomic E-state index is -4.42. The van der Waals surface area contributed by atoms with Gasteiger partial charge in [-0.3, -0.25) is 4.79 Å². The largest absolute Gasteiger partial charge is 0.484 e. The normalized spacial score (nSPS) is 12.3.